The largest absolute Gasteiger partial charge is 0.481 e. The van der Waals surface area contributed by atoms with Crippen LogP contribution in [-0.2, 0) is 4.79 Å². The fourth-order valence-electron chi connectivity index (χ4n) is 2.27. The maximum Gasteiger partial charge on any atom is 0.307 e. The summed E-state index contributed by atoms with van der Waals surface area (Å²) in [4.78, 5) is 13.8. The van der Waals surface area contributed by atoms with Crippen molar-refractivity contribution in [1.29, 1.82) is 0 Å². The minimum atomic E-state index is -0.817. The molecule has 0 atom stereocenters. The van der Waals surface area contributed by atoms with E-state index in [2.05, 4.69) is 23.2 Å². The summed E-state index contributed by atoms with van der Waals surface area (Å²) in [5.74, 6) is -0.817. The molecule has 0 amide bonds. The van der Waals surface area contributed by atoms with E-state index >= 15 is 0 Å². The SMILES string of the molecule is O=C(O)CC=Cc1ccc2c(c1)[nH]c1ccccc12. The van der Waals surface area contributed by atoms with E-state index in [9.17, 15) is 4.79 Å². The Kier molecular flexibility index (Phi) is 2.80. The molecule has 3 heteroatoms. The first-order valence-corrected chi connectivity index (χ1v) is 6.13. The fourth-order valence-corrected chi connectivity index (χ4v) is 2.27. The molecule has 3 nitrogen and oxygen atoms in total. The van der Waals surface area contributed by atoms with Gasteiger partial charge in [0.1, 0.15) is 0 Å². The van der Waals surface area contributed by atoms with Gasteiger partial charge in [-0.25, -0.2) is 0 Å². The molecule has 0 bridgehead atoms. The van der Waals surface area contributed by atoms with Crippen LogP contribution in [0.15, 0.2) is 48.5 Å². The third-order valence-corrected chi connectivity index (χ3v) is 3.13. The fraction of sp³-hybridized carbons (Fsp3) is 0.0625. The number of carbonyl (C=O) groups is 1. The Morgan fingerprint density at radius 2 is 1.89 bits per heavy atom. The summed E-state index contributed by atoms with van der Waals surface area (Å²) < 4.78 is 0. The van der Waals surface area contributed by atoms with Crippen molar-refractivity contribution in [2.75, 3.05) is 0 Å². The molecule has 0 aliphatic heterocycles. The van der Waals surface area contributed by atoms with Gasteiger partial charge in [-0.3, -0.25) is 4.79 Å². The second kappa shape index (κ2) is 4.61. The van der Waals surface area contributed by atoms with Crippen molar-refractivity contribution in [3.8, 4) is 0 Å². The van der Waals surface area contributed by atoms with E-state index < -0.39 is 5.97 Å². The molecular weight excluding hydrogens is 238 g/mol. The van der Waals surface area contributed by atoms with Gasteiger partial charge in [0.25, 0.3) is 0 Å². The quantitative estimate of drug-likeness (QED) is 0.743. The predicted octanol–water partition coefficient (Wildman–Crippen LogP) is 3.81. The van der Waals surface area contributed by atoms with Gasteiger partial charge in [0.05, 0.1) is 6.42 Å². The molecule has 94 valence electrons. The van der Waals surface area contributed by atoms with Crippen molar-refractivity contribution < 1.29 is 9.90 Å². The molecule has 0 fully saturated rings. The van der Waals surface area contributed by atoms with Crippen LogP contribution >= 0.6 is 0 Å². The van der Waals surface area contributed by atoms with E-state index in [4.69, 9.17) is 5.11 Å². The Morgan fingerprint density at radius 1 is 1.11 bits per heavy atom. The maximum absolute atomic E-state index is 10.5. The van der Waals surface area contributed by atoms with Crippen LogP contribution in [0.25, 0.3) is 27.9 Å². The molecule has 3 aromatic rings. The maximum atomic E-state index is 10.5. The number of aromatic amines is 1. The average molecular weight is 251 g/mol. The molecule has 0 radical (unpaired) electrons. The Hall–Kier alpha value is -2.55. The first-order chi connectivity index (χ1) is 9.24. The minimum Gasteiger partial charge on any atom is -0.481 e. The van der Waals surface area contributed by atoms with E-state index in [0.717, 1.165) is 16.6 Å². The van der Waals surface area contributed by atoms with Crippen molar-refractivity contribution in [2.24, 2.45) is 0 Å². The van der Waals surface area contributed by atoms with Gasteiger partial charge >= 0.3 is 5.97 Å². The smallest absolute Gasteiger partial charge is 0.307 e. The van der Waals surface area contributed by atoms with Crippen LogP contribution in [0.1, 0.15) is 12.0 Å². The topological polar surface area (TPSA) is 53.1 Å². The molecule has 1 aromatic heterocycles. The second-order valence-electron chi connectivity index (χ2n) is 4.48. The van der Waals surface area contributed by atoms with Crippen molar-refractivity contribution in [3.05, 3.63) is 54.1 Å². The summed E-state index contributed by atoms with van der Waals surface area (Å²) in [6.07, 6.45) is 3.54. The molecule has 2 aromatic carbocycles. The normalized spacial score (nSPS) is 11.6. The Bertz CT molecular complexity index is 784. The van der Waals surface area contributed by atoms with Crippen LogP contribution < -0.4 is 0 Å². The zero-order valence-electron chi connectivity index (χ0n) is 10.3. The number of rotatable bonds is 3. The van der Waals surface area contributed by atoms with Crippen molar-refractivity contribution in [3.63, 3.8) is 0 Å². The van der Waals surface area contributed by atoms with Gasteiger partial charge < -0.3 is 10.1 Å². The van der Waals surface area contributed by atoms with Gasteiger partial charge in [-0.2, -0.15) is 0 Å². The molecule has 3 rings (SSSR count). The van der Waals surface area contributed by atoms with E-state index in [1.54, 1.807) is 6.08 Å². The molecule has 0 aliphatic rings. The number of para-hydroxylation sites is 1. The van der Waals surface area contributed by atoms with E-state index in [1.165, 1.54) is 10.8 Å². The highest BCUT2D eigenvalue weighted by atomic mass is 16.4. The van der Waals surface area contributed by atoms with Crippen LogP contribution in [0.4, 0.5) is 0 Å². The lowest BCUT2D eigenvalue weighted by Gasteiger charge is -1.94. The first-order valence-electron chi connectivity index (χ1n) is 6.13. The third kappa shape index (κ3) is 2.22. The first kappa shape index (κ1) is 11.5. The van der Waals surface area contributed by atoms with Gasteiger partial charge in [-0.1, -0.05) is 42.5 Å². The van der Waals surface area contributed by atoms with Gasteiger partial charge in [0, 0.05) is 21.8 Å². The van der Waals surface area contributed by atoms with E-state index in [-0.39, 0.29) is 6.42 Å². The second-order valence-corrected chi connectivity index (χ2v) is 4.48. The Balaban J connectivity index is 2.03. The molecule has 19 heavy (non-hydrogen) atoms. The van der Waals surface area contributed by atoms with Crippen LogP contribution in [0.2, 0.25) is 0 Å². The lowest BCUT2D eigenvalue weighted by atomic mass is 10.1. The third-order valence-electron chi connectivity index (χ3n) is 3.13. The molecule has 0 aliphatic carbocycles. The standard InChI is InChI=1S/C16H13NO2/c18-16(19)7-3-4-11-8-9-13-12-5-1-2-6-14(12)17-15(13)10-11/h1-6,8-10,17H,7H2,(H,18,19). The number of aliphatic carboxylic acids is 1. The van der Waals surface area contributed by atoms with Crippen LogP contribution in [0.5, 0.6) is 0 Å². The summed E-state index contributed by atoms with van der Waals surface area (Å²) in [5.41, 5.74) is 3.18. The Labute approximate surface area is 110 Å². The highest BCUT2D eigenvalue weighted by Gasteiger charge is 2.03. The molecule has 2 N–H and O–H groups in total. The van der Waals surface area contributed by atoms with Gasteiger partial charge in [0.15, 0.2) is 0 Å². The van der Waals surface area contributed by atoms with Crippen molar-refractivity contribution in [2.45, 2.75) is 6.42 Å². The van der Waals surface area contributed by atoms with Crippen molar-refractivity contribution >= 4 is 33.9 Å². The number of carboxylic acids is 1. The summed E-state index contributed by atoms with van der Waals surface area (Å²) >= 11 is 0. The summed E-state index contributed by atoms with van der Waals surface area (Å²) in [6, 6.07) is 14.3. The number of nitrogens with one attached hydrogen (secondary N) is 1. The summed E-state index contributed by atoms with van der Waals surface area (Å²) in [7, 11) is 0. The van der Waals surface area contributed by atoms with Crippen LogP contribution in [0, 0.1) is 0 Å². The zero-order chi connectivity index (χ0) is 13.2. The lowest BCUT2D eigenvalue weighted by molar-refractivity contribution is -0.135. The van der Waals surface area contributed by atoms with Gasteiger partial charge in [-0.05, 0) is 17.7 Å². The van der Waals surface area contributed by atoms with Gasteiger partial charge in [0.2, 0.25) is 0 Å². The van der Waals surface area contributed by atoms with Crippen LogP contribution in [-0.4, -0.2) is 16.1 Å². The zero-order valence-corrected chi connectivity index (χ0v) is 10.3. The molecular formula is C16H13NO2. The van der Waals surface area contributed by atoms with Gasteiger partial charge in [-0.15, -0.1) is 0 Å². The highest BCUT2D eigenvalue weighted by molar-refractivity contribution is 6.07. The summed E-state index contributed by atoms with van der Waals surface area (Å²) in [5, 5.41) is 11.0. The average Bonchev–Trinajstić information content (AvgIpc) is 2.76. The highest BCUT2D eigenvalue weighted by Crippen LogP contribution is 2.26. The van der Waals surface area contributed by atoms with Crippen LogP contribution in [0.3, 0.4) is 0 Å². The number of hydrogen-bond donors (Lipinski definition) is 2. The number of H-pyrrole nitrogens is 1. The number of aromatic nitrogens is 1. The minimum absolute atomic E-state index is 0.0464. The number of fused-ring (bicyclic) bond motifs is 3. The van der Waals surface area contributed by atoms with E-state index in [1.807, 2.05) is 30.3 Å². The molecule has 0 saturated carbocycles. The molecule has 0 unspecified atom stereocenters. The Morgan fingerprint density at radius 3 is 2.74 bits per heavy atom. The summed E-state index contributed by atoms with van der Waals surface area (Å²) in [6.45, 7) is 0. The molecule has 0 spiro atoms. The lowest BCUT2D eigenvalue weighted by Crippen LogP contribution is -1.89. The number of carboxylic acid groups (broad SMARTS) is 1. The van der Waals surface area contributed by atoms with Crippen molar-refractivity contribution in [1.82, 2.24) is 4.98 Å². The number of benzene rings is 2. The molecule has 1 heterocycles. The molecule has 0 saturated heterocycles. The van der Waals surface area contributed by atoms with E-state index in [0.29, 0.717) is 0 Å². The number of hydrogen-bond acceptors (Lipinski definition) is 1. The predicted molar refractivity (Wildman–Crippen MR) is 77.1 cm³/mol. The monoisotopic (exact) mass is 251 g/mol.